The van der Waals surface area contributed by atoms with Crippen LogP contribution in [0.2, 0.25) is 0 Å². The molecule has 1 saturated heterocycles. The smallest absolute Gasteiger partial charge is 0.190 e. The van der Waals surface area contributed by atoms with Crippen molar-refractivity contribution in [2.75, 3.05) is 13.7 Å². The Morgan fingerprint density at radius 2 is 1.96 bits per heavy atom. The van der Waals surface area contributed by atoms with Crippen molar-refractivity contribution in [1.29, 1.82) is 0 Å². The summed E-state index contributed by atoms with van der Waals surface area (Å²) in [4.78, 5) is 5.72. The Morgan fingerprint density at radius 1 is 1.19 bits per heavy atom. The predicted molar refractivity (Wildman–Crippen MR) is 105 cm³/mol. The zero-order valence-corrected chi connectivity index (χ0v) is 15.9. The van der Waals surface area contributed by atoms with E-state index in [1.165, 1.54) is 12.1 Å². The molecule has 0 bridgehead atoms. The van der Waals surface area contributed by atoms with E-state index in [9.17, 15) is 4.39 Å². The summed E-state index contributed by atoms with van der Waals surface area (Å²) in [6.45, 7) is 1.55. The first-order valence-electron chi connectivity index (χ1n) is 8.97. The van der Waals surface area contributed by atoms with E-state index in [1.807, 2.05) is 24.3 Å². The van der Waals surface area contributed by atoms with E-state index in [0.29, 0.717) is 0 Å². The number of thiazole rings is 1. The lowest BCUT2D eigenvalue weighted by Gasteiger charge is -2.14. The monoisotopic (exact) mass is 384 g/mol. The van der Waals surface area contributed by atoms with Gasteiger partial charge in [0.25, 0.3) is 0 Å². The lowest BCUT2D eigenvalue weighted by Crippen LogP contribution is -2.24. The van der Waals surface area contributed by atoms with Crippen molar-refractivity contribution < 1.29 is 13.9 Å². The molecule has 1 fully saturated rings. The molecular formula is C21H21FN2O2S. The Balaban J connectivity index is 1.75. The molecule has 0 saturated carbocycles. The zero-order valence-electron chi connectivity index (χ0n) is 15.1. The van der Waals surface area contributed by atoms with Crippen molar-refractivity contribution in [1.82, 2.24) is 4.57 Å². The normalized spacial score (nSPS) is 17.4. The van der Waals surface area contributed by atoms with Crippen LogP contribution in [0.1, 0.15) is 12.8 Å². The Hall–Kier alpha value is -2.44. The van der Waals surface area contributed by atoms with Gasteiger partial charge < -0.3 is 14.0 Å². The van der Waals surface area contributed by atoms with Crippen LogP contribution in [-0.4, -0.2) is 24.4 Å². The molecule has 0 aliphatic carbocycles. The van der Waals surface area contributed by atoms with Crippen molar-refractivity contribution in [3.05, 3.63) is 64.5 Å². The number of hydrogen-bond acceptors (Lipinski definition) is 4. The van der Waals surface area contributed by atoms with Gasteiger partial charge in [-0.1, -0.05) is 0 Å². The van der Waals surface area contributed by atoms with Crippen LogP contribution in [-0.2, 0) is 11.3 Å². The number of ether oxygens (including phenoxy) is 2. The van der Waals surface area contributed by atoms with Crippen LogP contribution in [0.15, 0.2) is 58.9 Å². The lowest BCUT2D eigenvalue weighted by atomic mass is 10.1. The van der Waals surface area contributed by atoms with Gasteiger partial charge in [0, 0.05) is 12.0 Å². The second-order valence-corrected chi connectivity index (χ2v) is 7.30. The molecule has 4 nitrogen and oxygen atoms in total. The summed E-state index contributed by atoms with van der Waals surface area (Å²) < 4.78 is 26.6. The fourth-order valence-corrected chi connectivity index (χ4v) is 4.14. The number of aromatic nitrogens is 1. The predicted octanol–water partition coefficient (Wildman–Crippen LogP) is 4.78. The van der Waals surface area contributed by atoms with Crippen molar-refractivity contribution in [2.45, 2.75) is 25.5 Å². The van der Waals surface area contributed by atoms with E-state index in [4.69, 9.17) is 14.5 Å². The van der Waals surface area contributed by atoms with Crippen LogP contribution in [0.5, 0.6) is 5.75 Å². The second kappa shape index (κ2) is 8.06. The molecule has 2 aromatic carbocycles. The first kappa shape index (κ1) is 17.9. The SMILES string of the molecule is COc1ccc(N=c2scc(-c3ccc(F)cc3)n2CC2CCCO2)cc1. The van der Waals surface area contributed by atoms with Gasteiger partial charge in [0.2, 0.25) is 0 Å². The molecule has 1 aliphatic heterocycles. The number of halogens is 1. The fourth-order valence-electron chi connectivity index (χ4n) is 3.21. The summed E-state index contributed by atoms with van der Waals surface area (Å²) in [5, 5.41) is 2.07. The molecule has 2 heterocycles. The van der Waals surface area contributed by atoms with E-state index < -0.39 is 0 Å². The molecule has 1 unspecified atom stereocenters. The van der Waals surface area contributed by atoms with Gasteiger partial charge in [0.15, 0.2) is 4.80 Å². The van der Waals surface area contributed by atoms with Crippen molar-refractivity contribution >= 4 is 17.0 Å². The second-order valence-electron chi connectivity index (χ2n) is 6.47. The fraction of sp³-hybridized carbons (Fsp3) is 0.286. The number of rotatable bonds is 5. The molecule has 0 N–H and O–H groups in total. The summed E-state index contributed by atoms with van der Waals surface area (Å²) in [6.07, 6.45) is 2.33. The molecule has 4 rings (SSSR count). The highest BCUT2D eigenvalue weighted by molar-refractivity contribution is 7.07. The lowest BCUT2D eigenvalue weighted by molar-refractivity contribution is 0.0968. The van der Waals surface area contributed by atoms with E-state index in [1.54, 1.807) is 30.6 Å². The average Bonchev–Trinajstić information content (AvgIpc) is 3.34. The van der Waals surface area contributed by atoms with Gasteiger partial charge in [-0.2, -0.15) is 0 Å². The minimum atomic E-state index is -0.234. The third-order valence-electron chi connectivity index (χ3n) is 4.65. The summed E-state index contributed by atoms with van der Waals surface area (Å²) >= 11 is 1.58. The average molecular weight is 384 g/mol. The van der Waals surface area contributed by atoms with Crippen LogP contribution < -0.4 is 9.54 Å². The van der Waals surface area contributed by atoms with Crippen LogP contribution in [0.4, 0.5) is 10.1 Å². The van der Waals surface area contributed by atoms with E-state index in [0.717, 1.165) is 53.5 Å². The molecule has 1 aliphatic rings. The van der Waals surface area contributed by atoms with Crippen molar-refractivity contribution in [3.63, 3.8) is 0 Å². The Morgan fingerprint density at radius 3 is 2.63 bits per heavy atom. The minimum Gasteiger partial charge on any atom is -0.497 e. The number of benzene rings is 2. The van der Waals surface area contributed by atoms with Gasteiger partial charge in [-0.15, -0.1) is 11.3 Å². The maximum absolute atomic E-state index is 13.3. The standard InChI is InChI=1S/C21H21FN2O2S/c1-25-18-10-8-17(9-11-18)23-21-24(13-19-3-2-12-26-19)20(14-27-21)15-4-6-16(22)7-5-15/h4-11,14,19H,2-3,12-13H2,1H3. The highest BCUT2D eigenvalue weighted by atomic mass is 32.1. The van der Waals surface area contributed by atoms with E-state index in [-0.39, 0.29) is 11.9 Å². The molecule has 140 valence electrons. The van der Waals surface area contributed by atoms with Crippen molar-refractivity contribution in [3.8, 4) is 17.0 Å². The van der Waals surface area contributed by atoms with Gasteiger partial charge in [-0.25, -0.2) is 9.38 Å². The van der Waals surface area contributed by atoms with Gasteiger partial charge in [0.05, 0.1) is 31.1 Å². The highest BCUT2D eigenvalue weighted by Gasteiger charge is 2.19. The Kier molecular flexibility index (Phi) is 5.36. The van der Waals surface area contributed by atoms with E-state index in [2.05, 4.69) is 9.95 Å². The molecule has 0 amide bonds. The van der Waals surface area contributed by atoms with E-state index >= 15 is 0 Å². The quantitative estimate of drug-likeness (QED) is 0.635. The van der Waals surface area contributed by atoms with Gasteiger partial charge >= 0.3 is 0 Å². The van der Waals surface area contributed by atoms with Gasteiger partial charge in [-0.05, 0) is 66.9 Å². The van der Waals surface area contributed by atoms with Gasteiger partial charge in [-0.3, -0.25) is 0 Å². The number of nitrogens with zero attached hydrogens (tertiary/aromatic N) is 2. The molecule has 0 radical (unpaired) electrons. The van der Waals surface area contributed by atoms with Crippen molar-refractivity contribution in [2.24, 2.45) is 4.99 Å². The summed E-state index contributed by atoms with van der Waals surface area (Å²) in [6, 6.07) is 14.3. The molecule has 1 aromatic heterocycles. The molecule has 1 atom stereocenters. The van der Waals surface area contributed by atoms with Crippen LogP contribution in [0, 0.1) is 5.82 Å². The summed E-state index contributed by atoms with van der Waals surface area (Å²) in [5.41, 5.74) is 2.87. The highest BCUT2D eigenvalue weighted by Crippen LogP contribution is 2.24. The number of hydrogen-bond donors (Lipinski definition) is 0. The molecule has 3 aromatic rings. The third kappa shape index (κ3) is 4.12. The first-order chi connectivity index (χ1) is 13.2. The first-order valence-corrected chi connectivity index (χ1v) is 9.85. The van der Waals surface area contributed by atoms with Crippen LogP contribution >= 0.6 is 11.3 Å². The Bertz CT molecular complexity index is 955. The molecule has 0 spiro atoms. The molecule has 27 heavy (non-hydrogen) atoms. The molecular weight excluding hydrogens is 363 g/mol. The topological polar surface area (TPSA) is 35.8 Å². The maximum atomic E-state index is 13.3. The van der Waals surface area contributed by atoms with Crippen LogP contribution in [0.3, 0.4) is 0 Å². The number of methoxy groups -OCH3 is 1. The van der Waals surface area contributed by atoms with Gasteiger partial charge in [0.1, 0.15) is 11.6 Å². The largest absolute Gasteiger partial charge is 0.497 e. The third-order valence-corrected chi connectivity index (χ3v) is 5.51. The summed E-state index contributed by atoms with van der Waals surface area (Å²) in [7, 11) is 1.65. The van der Waals surface area contributed by atoms with Crippen LogP contribution in [0.25, 0.3) is 11.3 Å². The molecule has 6 heteroatoms. The Labute approximate surface area is 161 Å². The maximum Gasteiger partial charge on any atom is 0.190 e. The summed E-state index contributed by atoms with van der Waals surface area (Å²) in [5.74, 6) is 0.571. The zero-order chi connectivity index (χ0) is 18.6. The minimum absolute atomic E-state index is 0.189.